The van der Waals surface area contributed by atoms with E-state index < -0.39 is 6.98 Å². The number of halogens is 1. The fraction of sp³-hybridized carbons (Fsp3) is 0.125. The lowest BCUT2D eigenvalue weighted by atomic mass is 10.3. The summed E-state index contributed by atoms with van der Waals surface area (Å²) < 4.78 is 23.7. The van der Waals surface area contributed by atoms with Gasteiger partial charge in [0.2, 0.25) is 0 Å². The summed E-state index contributed by atoms with van der Waals surface area (Å²) in [7, 11) is 0. The second-order valence-electron chi connectivity index (χ2n) is 2.26. The average molecular weight is 214 g/mol. The molecule has 2 nitrogen and oxygen atoms in total. The molecule has 0 radical (unpaired) electrons. The number of rotatable bonds is 0. The van der Waals surface area contributed by atoms with Crippen molar-refractivity contribution < 1.29 is 4.11 Å². The van der Waals surface area contributed by atoms with E-state index in [1.54, 1.807) is 12.3 Å². The summed E-state index contributed by atoms with van der Waals surface area (Å²) in [5.74, 6) is 0. The number of aromatic nitrogens is 2. The quantitative estimate of drug-likeness (QED) is 0.658. The van der Waals surface area contributed by atoms with Gasteiger partial charge in [0.25, 0.3) is 0 Å². The van der Waals surface area contributed by atoms with Gasteiger partial charge in [-0.3, -0.25) is 4.68 Å². The monoisotopic (exact) mass is 213 g/mol. The van der Waals surface area contributed by atoms with E-state index in [2.05, 4.69) is 21.0 Å². The highest BCUT2D eigenvalue weighted by atomic mass is 79.9. The first-order valence-corrected chi connectivity index (χ1v) is 3.91. The minimum atomic E-state index is -2.22. The van der Waals surface area contributed by atoms with Crippen molar-refractivity contribution in [2.75, 3.05) is 0 Å². The Kier molecular flexibility index (Phi) is 0.906. The van der Waals surface area contributed by atoms with Crippen molar-refractivity contribution in [3.8, 4) is 0 Å². The maximum absolute atomic E-state index is 7.26. The molecular weight excluding hydrogens is 204 g/mol. The van der Waals surface area contributed by atoms with Crippen LogP contribution in [0.2, 0.25) is 0 Å². The molecule has 0 aliphatic heterocycles. The van der Waals surface area contributed by atoms with Crippen LogP contribution < -0.4 is 0 Å². The van der Waals surface area contributed by atoms with Crippen LogP contribution in [-0.2, 0) is 6.98 Å². The molecule has 0 bridgehead atoms. The smallest absolute Gasteiger partial charge is 0.0690 e. The molecular formula is C8H7BrN2. The molecule has 0 aliphatic carbocycles. The van der Waals surface area contributed by atoms with E-state index >= 15 is 0 Å². The molecule has 56 valence electrons. The highest BCUT2D eigenvalue weighted by Gasteiger charge is 1.97. The summed E-state index contributed by atoms with van der Waals surface area (Å²) >= 11 is 3.29. The number of hydrogen-bond donors (Lipinski definition) is 0. The van der Waals surface area contributed by atoms with Crippen molar-refractivity contribution in [1.82, 2.24) is 9.78 Å². The normalized spacial score (nSPS) is 15.9. The highest BCUT2D eigenvalue weighted by molar-refractivity contribution is 9.10. The fourth-order valence-corrected chi connectivity index (χ4v) is 1.34. The lowest BCUT2D eigenvalue weighted by molar-refractivity contribution is 0.797. The Morgan fingerprint density at radius 2 is 2.55 bits per heavy atom. The van der Waals surface area contributed by atoms with Crippen LogP contribution in [0.15, 0.2) is 28.9 Å². The van der Waals surface area contributed by atoms with Gasteiger partial charge in [0.05, 0.1) is 11.7 Å². The molecule has 1 aromatic heterocycles. The van der Waals surface area contributed by atoms with Crippen LogP contribution in [0.25, 0.3) is 10.9 Å². The summed E-state index contributed by atoms with van der Waals surface area (Å²) in [5.41, 5.74) is 0.611. The lowest BCUT2D eigenvalue weighted by Crippen LogP contribution is -1.87. The first-order chi connectivity index (χ1) is 6.48. The Hall–Kier alpha value is -0.830. The first kappa shape index (κ1) is 4.26. The van der Waals surface area contributed by atoms with E-state index in [9.17, 15) is 0 Å². The Labute approximate surface area is 77.2 Å². The molecule has 2 rings (SSSR count). The van der Waals surface area contributed by atoms with Crippen molar-refractivity contribution in [2.24, 2.45) is 6.98 Å². The van der Waals surface area contributed by atoms with Crippen molar-refractivity contribution >= 4 is 26.8 Å². The second-order valence-corrected chi connectivity index (χ2v) is 3.18. The summed E-state index contributed by atoms with van der Waals surface area (Å²) in [6.07, 6.45) is 1.55. The SMILES string of the molecule is [2H]C([2H])([2H])n1ncc2ccc(Br)cc21. The van der Waals surface area contributed by atoms with Crippen LogP contribution in [0, 0.1) is 0 Å². The third-order valence-corrected chi connectivity index (χ3v) is 2.03. The third-order valence-electron chi connectivity index (χ3n) is 1.53. The van der Waals surface area contributed by atoms with Gasteiger partial charge in [0.1, 0.15) is 0 Å². The van der Waals surface area contributed by atoms with E-state index in [-0.39, 0.29) is 0 Å². The molecule has 1 heterocycles. The molecule has 0 unspecified atom stereocenters. The second kappa shape index (κ2) is 2.34. The molecule has 1 aromatic carbocycles. The van der Waals surface area contributed by atoms with Crippen LogP contribution in [0.3, 0.4) is 0 Å². The van der Waals surface area contributed by atoms with Gasteiger partial charge in [-0.1, -0.05) is 22.0 Å². The van der Waals surface area contributed by atoms with Crippen molar-refractivity contribution in [1.29, 1.82) is 0 Å². The number of benzene rings is 1. The zero-order valence-corrected chi connectivity index (χ0v) is 7.17. The van der Waals surface area contributed by atoms with Crippen LogP contribution in [-0.4, -0.2) is 9.78 Å². The van der Waals surface area contributed by atoms with E-state index in [4.69, 9.17) is 4.11 Å². The van der Waals surface area contributed by atoms with Gasteiger partial charge < -0.3 is 0 Å². The van der Waals surface area contributed by atoms with Gasteiger partial charge in [-0.2, -0.15) is 5.10 Å². The van der Waals surface area contributed by atoms with Crippen molar-refractivity contribution in [2.45, 2.75) is 0 Å². The summed E-state index contributed by atoms with van der Waals surface area (Å²) in [5, 5.41) is 4.66. The first-order valence-electron chi connectivity index (χ1n) is 4.62. The molecule has 0 saturated heterocycles. The topological polar surface area (TPSA) is 17.8 Å². The van der Waals surface area contributed by atoms with Crippen LogP contribution >= 0.6 is 15.9 Å². The average Bonchev–Trinajstić information content (AvgIpc) is 2.45. The maximum atomic E-state index is 7.26. The predicted molar refractivity (Wildman–Crippen MR) is 48.4 cm³/mol. The Bertz CT molecular complexity index is 475. The van der Waals surface area contributed by atoms with Gasteiger partial charge in [0, 0.05) is 20.9 Å². The standard InChI is InChI=1S/C8H7BrN2/c1-11-8-4-7(9)3-2-6(8)5-10-11/h2-5H,1H3/i1D3. The van der Waals surface area contributed by atoms with Crippen molar-refractivity contribution in [3.63, 3.8) is 0 Å². The fourth-order valence-electron chi connectivity index (χ4n) is 0.992. The molecule has 3 heteroatoms. The molecule has 0 aliphatic rings. The zero-order valence-electron chi connectivity index (χ0n) is 8.58. The van der Waals surface area contributed by atoms with Crippen molar-refractivity contribution in [3.05, 3.63) is 28.9 Å². The highest BCUT2D eigenvalue weighted by Crippen LogP contribution is 2.18. The third kappa shape index (κ3) is 1.05. The molecule has 0 saturated carbocycles. The van der Waals surface area contributed by atoms with E-state index in [0.29, 0.717) is 5.52 Å². The van der Waals surface area contributed by atoms with Gasteiger partial charge in [-0.15, -0.1) is 0 Å². The van der Waals surface area contributed by atoms with Crippen LogP contribution in [0.4, 0.5) is 0 Å². The van der Waals surface area contributed by atoms with Gasteiger partial charge in [-0.05, 0) is 12.1 Å². The molecule has 0 atom stereocenters. The molecule has 2 aromatic rings. The maximum Gasteiger partial charge on any atom is 0.0690 e. The summed E-state index contributed by atoms with van der Waals surface area (Å²) in [6.45, 7) is -2.22. The molecule has 0 spiro atoms. The van der Waals surface area contributed by atoms with Crippen LogP contribution in [0.5, 0.6) is 0 Å². The Balaban J connectivity index is 2.73. The van der Waals surface area contributed by atoms with Gasteiger partial charge in [0.15, 0.2) is 0 Å². The Morgan fingerprint density at radius 3 is 3.36 bits per heavy atom. The van der Waals surface area contributed by atoms with Gasteiger partial charge in [-0.25, -0.2) is 0 Å². The van der Waals surface area contributed by atoms with Crippen LogP contribution in [0.1, 0.15) is 4.11 Å². The molecule has 0 N–H and O–H groups in total. The predicted octanol–water partition coefficient (Wildman–Crippen LogP) is 2.34. The number of nitrogens with zero attached hydrogens (tertiary/aromatic N) is 2. The minimum absolute atomic E-state index is 0.611. The number of fused-ring (bicyclic) bond motifs is 1. The number of hydrogen-bond acceptors (Lipinski definition) is 1. The molecule has 11 heavy (non-hydrogen) atoms. The summed E-state index contributed by atoms with van der Waals surface area (Å²) in [4.78, 5) is 0. The molecule has 0 fully saturated rings. The number of aryl methyl sites for hydroxylation is 1. The molecule has 0 amide bonds. The van der Waals surface area contributed by atoms with E-state index in [1.165, 1.54) is 0 Å². The minimum Gasteiger partial charge on any atom is -0.268 e. The summed E-state index contributed by atoms with van der Waals surface area (Å²) in [6, 6.07) is 5.43. The lowest BCUT2D eigenvalue weighted by Gasteiger charge is -1.93. The van der Waals surface area contributed by atoms with E-state index in [1.807, 2.05) is 12.1 Å². The largest absolute Gasteiger partial charge is 0.268 e. The zero-order chi connectivity index (χ0) is 10.3. The van der Waals surface area contributed by atoms with E-state index in [0.717, 1.165) is 14.5 Å². The van der Waals surface area contributed by atoms with Gasteiger partial charge >= 0.3 is 0 Å². The Morgan fingerprint density at radius 1 is 1.64 bits per heavy atom.